The predicted molar refractivity (Wildman–Crippen MR) is 86.1 cm³/mol. The van der Waals surface area contributed by atoms with Crippen LogP contribution in [0.1, 0.15) is 29.2 Å². The van der Waals surface area contributed by atoms with E-state index in [2.05, 4.69) is 0 Å². The molecule has 0 radical (unpaired) electrons. The summed E-state index contributed by atoms with van der Waals surface area (Å²) in [7, 11) is 0. The van der Waals surface area contributed by atoms with E-state index in [-0.39, 0.29) is 49.4 Å². The Hall–Kier alpha value is -2.17. The van der Waals surface area contributed by atoms with Crippen molar-refractivity contribution in [2.75, 3.05) is 13.2 Å². The second-order valence-electron chi connectivity index (χ2n) is 4.72. The summed E-state index contributed by atoms with van der Waals surface area (Å²) < 4.78 is 44.3. The van der Waals surface area contributed by atoms with Gasteiger partial charge in [0.25, 0.3) is 0 Å². The molecule has 4 nitrogen and oxygen atoms in total. The smallest absolute Gasteiger partial charge is 0.166 e. The van der Waals surface area contributed by atoms with Gasteiger partial charge < -0.3 is 15.6 Å². The first-order chi connectivity index (χ1) is 12.8. The second kappa shape index (κ2) is 8.32. The molecule has 0 saturated carbocycles. The minimum absolute atomic E-state index is 0.00823. The zero-order chi connectivity index (χ0) is 20.1. The molecule has 1 atom stereocenters. The third-order valence-electron chi connectivity index (χ3n) is 3.04. The van der Waals surface area contributed by atoms with Gasteiger partial charge in [0.15, 0.2) is 5.78 Å². The summed E-state index contributed by atoms with van der Waals surface area (Å²) in [6.07, 6.45) is -0.888. The number of hydrogen-bond acceptors (Lipinski definition) is 4. The molecule has 3 N–H and O–H groups in total. The minimum Gasteiger partial charge on any atom is -0.490 e. The van der Waals surface area contributed by atoms with Gasteiger partial charge in [-0.15, -0.1) is 0 Å². The average molecular weight is 304 g/mol. The number of rotatable bonds is 8. The van der Waals surface area contributed by atoms with Gasteiger partial charge in [-0.25, -0.2) is 0 Å². The van der Waals surface area contributed by atoms with Crippen molar-refractivity contribution >= 4 is 5.78 Å². The lowest BCUT2D eigenvalue weighted by Gasteiger charge is -2.13. The number of ether oxygens (including phenoxy) is 1. The van der Waals surface area contributed by atoms with Gasteiger partial charge in [0, 0.05) is 13.0 Å². The third kappa shape index (κ3) is 4.69. The quantitative estimate of drug-likeness (QED) is 0.733. The molecule has 0 aromatic heterocycles. The molecule has 0 aliphatic heterocycles. The minimum atomic E-state index is -0.848. The van der Waals surface area contributed by atoms with Gasteiger partial charge >= 0.3 is 0 Å². The topological polar surface area (TPSA) is 72.5 Å². The van der Waals surface area contributed by atoms with Gasteiger partial charge in [-0.05, 0) is 24.1 Å². The Labute approximate surface area is 137 Å². The van der Waals surface area contributed by atoms with E-state index in [1.165, 1.54) is 0 Å². The van der Waals surface area contributed by atoms with E-state index in [0.29, 0.717) is 11.3 Å². The molecular weight excluding hydrogens is 278 g/mol. The summed E-state index contributed by atoms with van der Waals surface area (Å²) in [5.41, 5.74) is 5.74. The van der Waals surface area contributed by atoms with Crippen LogP contribution in [-0.2, 0) is 6.42 Å². The largest absolute Gasteiger partial charge is 0.490 e. The number of para-hydroxylation sites is 1. The van der Waals surface area contributed by atoms with Crippen LogP contribution < -0.4 is 10.5 Å². The van der Waals surface area contributed by atoms with Crippen LogP contribution in [0.15, 0.2) is 54.5 Å². The number of nitrogens with two attached hydrogens (primary N) is 1. The second-order valence-corrected chi connectivity index (χ2v) is 4.72. The van der Waals surface area contributed by atoms with Crippen LogP contribution in [0.2, 0.25) is 0 Å². The standard InChI is InChI=1S/C18H21NO3/c19-12-15(20)13-22-18-9-5-4-8-16(18)17(21)11-10-14-6-2-1-3-7-14/h1-9,15,20H,10-13,19H2/i1D,2D,3D,6D,7D. The molecule has 22 heavy (non-hydrogen) atoms. The highest BCUT2D eigenvalue weighted by Gasteiger charge is 2.13. The van der Waals surface area contributed by atoms with E-state index in [0.717, 1.165) is 0 Å². The molecule has 0 aliphatic rings. The van der Waals surface area contributed by atoms with Gasteiger partial charge in [-0.2, -0.15) is 0 Å². The summed E-state index contributed by atoms with van der Waals surface area (Å²) >= 11 is 0. The molecule has 1 unspecified atom stereocenters. The fraction of sp³-hybridized carbons (Fsp3) is 0.278. The number of carbonyl (C=O) groups is 1. The Kier molecular flexibility index (Phi) is 3.98. The lowest BCUT2D eigenvalue weighted by atomic mass is 10.0. The summed E-state index contributed by atoms with van der Waals surface area (Å²) in [5.74, 6) is 0.00992. The maximum atomic E-state index is 12.6. The zero-order valence-electron chi connectivity index (χ0n) is 17.1. The molecule has 0 bridgehead atoms. The molecule has 0 fully saturated rings. The summed E-state index contributed by atoms with van der Waals surface area (Å²) in [5, 5.41) is 9.51. The van der Waals surface area contributed by atoms with Gasteiger partial charge in [0.2, 0.25) is 0 Å². The molecule has 0 amide bonds. The number of benzene rings is 2. The van der Waals surface area contributed by atoms with E-state index < -0.39 is 24.2 Å². The van der Waals surface area contributed by atoms with E-state index >= 15 is 0 Å². The summed E-state index contributed by atoms with van der Waals surface area (Å²) in [6, 6.07) is 4.64. The van der Waals surface area contributed by atoms with Crippen molar-refractivity contribution in [3.63, 3.8) is 0 Å². The first kappa shape index (κ1) is 10.5. The Bertz CT molecular complexity index is 815. The maximum Gasteiger partial charge on any atom is 0.166 e. The Balaban J connectivity index is 2.18. The third-order valence-corrected chi connectivity index (χ3v) is 3.04. The molecule has 0 spiro atoms. The monoisotopic (exact) mass is 304 g/mol. The summed E-state index contributed by atoms with van der Waals surface area (Å²) in [4.78, 5) is 12.6. The Morgan fingerprint density at radius 3 is 2.73 bits per heavy atom. The van der Waals surface area contributed by atoms with Crippen LogP contribution in [0.25, 0.3) is 0 Å². The van der Waals surface area contributed by atoms with Crippen LogP contribution in [0.3, 0.4) is 0 Å². The molecule has 0 heterocycles. The van der Waals surface area contributed by atoms with Crippen LogP contribution in [0.5, 0.6) is 5.75 Å². The number of Topliss-reactive ketones (excluding diaryl/α,β-unsaturated/α-hetero) is 1. The lowest BCUT2D eigenvalue weighted by Crippen LogP contribution is -2.27. The molecule has 2 rings (SSSR count). The maximum absolute atomic E-state index is 12.6. The highest BCUT2D eigenvalue weighted by molar-refractivity contribution is 5.98. The Morgan fingerprint density at radius 2 is 2.00 bits per heavy atom. The van der Waals surface area contributed by atoms with Gasteiger partial charge in [0.05, 0.1) is 12.4 Å². The molecule has 116 valence electrons. The number of aliphatic hydroxyl groups is 1. The van der Waals surface area contributed by atoms with E-state index in [9.17, 15) is 9.90 Å². The number of carbonyl (C=O) groups excluding carboxylic acids is 1. The lowest BCUT2D eigenvalue weighted by molar-refractivity contribution is 0.0961. The fourth-order valence-corrected chi connectivity index (χ4v) is 1.85. The molecule has 2 aromatic rings. The van der Waals surface area contributed by atoms with Crippen LogP contribution in [-0.4, -0.2) is 30.1 Å². The van der Waals surface area contributed by atoms with E-state index in [4.69, 9.17) is 17.3 Å². The first-order valence-corrected chi connectivity index (χ1v) is 6.96. The van der Waals surface area contributed by atoms with Crippen LogP contribution in [0.4, 0.5) is 0 Å². The van der Waals surface area contributed by atoms with Crippen molar-refractivity contribution in [1.82, 2.24) is 0 Å². The fourth-order valence-electron chi connectivity index (χ4n) is 1.85. The normalized spacial score (nSPS) is 15.1. The highest BCUT2D eigenvalue weighted by Crippen LogP contribution is 2.20. The van der Waals surface area contributed by atoms with Crippen molar-refractivity contribution in [2.45, 2.75) is 18.9 Å². The molecule has 0 saturated heterocycles. The first-order valence-electron chi connectivity index (χ1n) is 9.46. The molecule has 4 heteroatoms. The van der Waals surface area contributed by atoms with Crippen molar-refractivity contribution in [3.8, 4) is 5.75 Å². The van der Waals surface area contributed by atoms with E-state index in [1.54, 1.807) is 24.3 Å². The molecule has 0 aliphatic carbocycles. The summed E-state index contributed by atoms with van der Waals surface area (Å²) in [6.45, 7) is -0.0184. The number of hydrogen-bond donors (Lipinski definition) is 2. The number of ketones is 1. The van der Waals surface area contributed by atoms with Gasteiger partial charge in [-0.3, -0.25) is 4.79 Å². The van der Waals surface area contributed by atoms with Crippen molar-refractivity contribution in [1.29, 1.82) is 0 Å². The molecular formula is C18H21NO3. The van der Waals surface area contributed by atoms with Gasteiger partial charge in [-0.1, -0.05) is 42.3 Å². The number of aliphatic hydroxyl groups excluding tert-OH is 1. The predicted octanol–water partition coefficient (Wildman–Crippen LogP) is 2.20. The van der Waals surface area contributed by atoms with Crippen molar-refractivity contribution in [3.05, 3.63) is 65.6 Å². The van der Waals surface area contributed by atoms with Crippen molar-refractivity contribution < 1.29 is 21.5 Å². The SMILES string of the molecule is [2H]c1c([2H])c([2H])c(CCC(=O)c2ccccc2OCC(O)CN)c([2H])c1[2H]. The van der Waals surface area contributed by atoms with Gasteiger partial charge in [0.1, 0.15) is 18.5 Å². The highest BCUT2D eigenvalue weighted by atomic mass is 16.5. The Morgan fingerprint density at radius 1 is 1.27 bits per heavy atom. The van der Waals surface area contributed by atoms with E-state index in [1.807, 2.05) is 0 Å². The molecule has 2 aromatic carbocycles. The average Bonchev–Trinajstić information content (AvgIpc) is 2.68. The zero-order valence-corrected chi connectivity index (χ0v) is 12.1. The van der Waals surface area contributed by atoms with Crippen LogP contribution in [0, 0.1) is 0 Å². The van der Waals surface area contributed by atoms with Crippen molar-refractivity contribution in [2.24, 2.45) is 5.73 Å². The van der Waals surface area contributed by atoms with Crippen LogP contribution >= 0.6 is 0 Å².